The average Bonchev–Trinajstić information content (AvgIpc) is 2.61. The van der Waals surface area contributed by atoms with Gasteiger partial charge >= 0.3 is 5.97 Å². The van der Waals surface area contributed by atoms with E-state index in [9.17, 15) is 4.79 Å². The van der Waals surface area contributed by atoms with Crippen molar-refractivity contribution in [1.82, 2.24) is 0 Å². The zero-order valence-electron chi connectivity index (χ0n) is 7.99. The number of hydrogen-bond acceptors (Lipinski definition) is 5. The Morgan fingerprint density at radius 1 is 1.85 bits per heavy atom. The van der Waals surface area contributed by atoms with Crippen LogP contribution in [0.2, 0.25) is 0 Å². The number of carbonyl (C=O) groups excluding carboxylic acids is 1. The van der Waals surface area contributed by atoms with E-state index < -0.39 is 4.93 Å². The first-order chi connectivity index (χ1) is 6.18. The summed E-state index contributed by atoms with van der Waals surface area (Å²) in [7, 11) is 1.35. The van der Waals surface area contributed by atoms with Crippen LogP contribution in [-0.4, -0.2) is 30.0 Å². The molecule has 0 aliphatic carbocycles. The first kappa shape index (κ1) is 10.4. The molecule has 0 amide bonds. The molecule has 1 aliphatic heterocycles. The maximum Gasteiger partial charge on any atom is 0.364 e. The van der Waals surface area contributed by atoms with E-state index in [0.717, 1.165) is 12.1 Å². The third-order valence-electron chi connectivity index (χ3n) is 1.99. The van der Waals surface area contributed by atoms with E-state index in [1.54, 1.807) is 0 Å². The molecule has 0 bridgehead atoms. The molecule has 0 radical (unpaired) electrons. The monoisotopic (exact) mass is 203 g/mol. The number of methoxy groups -OCH3 is 1. The summed E-state index contributed by atoms with van der Waals surface area (Å²) in [5.74, 6) is -0.368. The molecule has 0 N–H and O–H groups in total. The van der Waals surface area contributed by atoms with Gasteiger partial charge in [-0.05, 0) is 12.7 Å². The lowest BCUT2D eigenvalue weighted by atomic mass is 10.1. The Hall–Kier alpha value is -0.710. The fraction of sp³-hybridized carbons (Fsp3) is 0.750. The van der Waals surface area contributed by atoms with Crippen LogP contribution in [0.5, 0.6) is 0 Å². The second kappa shape index (κ2) is 4.00. The number of hydrogen-bond donors (Lipinski definition) is 0. The molecule has 0 aromatic carbocycles. The standard InChI is InChI=1S/C8H13NO3S/c1-4-6-5-8(13-3,12-9-6)7(10)11-2/h4-5H2,1-3H3. The zero-order valence-corrected chi connectivity index (χ0v) is 8.81. The van der Waals surface area contributed by atoms with Crippen molar-refractivity contribution in [2.45, 2.75) is 24.7 Å². The summed E-state index contributed by atoms with van der Waals surface area (Å²) in [6.45, 7) is 1.98. The minimum Gasteiger partial charge on any atom is -0.465 e. The van der Waals surface area contributed by atoms with Crippen LogP contribution in [0.15, 0.2) is 5.16 Å². The summed E-state index contributed by atoms with van der Waals surface area (Å²) in [5.41, 5.74) is 0.903. The van der Waals surface area contributed by atoms with Crippen molar-refractivity contribution in [2.24, 2.45) is 5.16 Å². The minimum absolute atomic E-state index is 0.368. The number of nitrogens with zero attached hydrogens (tertiary/aromatic N) is 1. The molecule has 0 aromatic rings. The van der Waals surface area contributed by atoms with Crippen LogP contribution < -0.4 is 0 Å². The van der Waals surface area contributed by atoms with E-state index in [-0.39, 0.29) is 5.97 Å². The molecule has 0 saturated carbocycles. The predicted molar refractivity (Wildman–Crippen MR) is 51.7 cm³/mol. The molecule has 13 heavy (non-hydrogen) atoms. The SMILES string of the molecule is CCC1=NOC(SC)(C(=O)OC)C1. The number of ether oxygens (including phenoxy) is 1. The van der Waals surface area contributed by atoms with E-state index in [4.69, 9.17) is 4.84 Å². The van der Waals surface area contributed by atoms with Gasteiger partial charge in [0.05, 0.1) is 19.2 Å². The lowest BCUT2D eigenvalue weighted by Gasteiger charge is -2.20. The van der Waals surface area contributed by atoms with Crippen molar-refractivity contribution < 1.29 is 14.4 Å². The normalized spacial score (nSPS) is 26.5. The van der Waals surface area contributed by atoms with Crippen molar-refractivity contribution in [3.05, 3.63) is 0 Å². The zero-order chi connectivity index (χ0) is 9.90. The van der Waals surface area contributed by atoms with Crippen molar-refractivity contribution in [3.8, 4) is 0 Å². The van der Waals surface area contributed by atoms with Crippen LogP contribution in [0.1, 0.15) is 19.8 Å². The highest BCUT2D eigenvalue weighted by atomic mass is 32.2. The Labute approximate surface area is 81.6 Å². The number of carbonyl (C=O) groups is 1. The molecule has 1 atom stereocenters. The molecule has 4 nitrogen and oxygen atoms in total. The molecule has 0 saturated heterocycles. The van der Waals surface area contributed by atoms with Crippen molar-refractivity contribution in [3.63, 3.8) is 0 Å². The number of thioether (sulfide) groups is 1. The van der Waals surface area contributed by atoms with Crippen molar-refractivity contribution >= 4 is 23.4 Å². The van der Waals surface area contributed by atoms with Crippen LogP contribution in [0.4, 0.5) is 0 Å². The molecule has 74 valence electrons. The number of rotatable bonds is 3. The molecular formula is C8H13NO3S. The molecule has 1 rings (SSSR count). The Balaban J connectivity index is 2.72. The molecule has 0 aromatic heterocycles. The minimum atomic E-state index is -0.930. The van der Waals surface area contributed by atoms with Gasteiger partial charge in [-0.1, -0.05) is 12.1 Å². The predicted octanol–water partition coefficient (Wildman–Crippen LogP) is 1.41. The first-order valence-electron chi connectivity index (χ1n) is 4.06. The number of esters is 1. The Morgan fingerprint density at radius 2 is 2.54 bits per heavy atom. The maximum atomic E-state index is 11.4. The van der Waals surface area contributed by atoms with E-state index in [1.165, 1.54) is 18.9 Å². The smallest absolute Gasteiger partial charge is 0.364 e. The van der Waals surface area contributed by atoms with Gasteiger partial charge in [0.1, 0.15) is 0 Å². The Morgan fingerprint density at radius 3 is 2.92 bits per heavy atom. The van der Waals surface area contributed by atoms with Crippen molar-refractivity contribution in [1.29, 1.82) is 0 Å². The summed E-state index contributed by atoms with van der Waals surface area (Å²) in [6.07, 6.45) is 3.14. The summed E-state index contributed by atoms with van der Waals surface area (Å²) < 4.78 is 4.66. The van der Waals surface area contributed by atoms with E-state index >= 15 is 0 Å². The average molecular weight is 203 g/mol. The van der Waals surface area contributed by atoms with Crippen LogP contribution >= 0.6 is 11.8 Å². The van der Waals surface area contributed by atoms with Gasteiger partial charge in [-0.3, -0.25) is 0 Å². The van der Waals surface area contributed by atoms with Gasteiger partial charge in [0.15, 0.2) is 0 Å². The fourth-order valence-corrected chi connectivity index (χ4v) is 1.79. The molecule has 0 fully saturated rings. The Bertz CT molecular complexity index is 242. The third-order valence-corrected chi connectivity index (χ3v) is 3.04. The van der Waals surface area contributed by atoms with Gasteiger partial charge in [0.2, 0.25) is 0 Å². The quantitative estimate of drug-likeness (QED) is 0.651. The second-order valence-corrected chi connectivity index (χ2v) is 3.80. The number of oxime groups is 1. The lowest BCUT2D eigenvalue weighted by molar-refractivity contribution is -0.155. The second-order valence-electron chi connectivity index (χ2n) is 2.73. The molecular weight excluding hydrogens is 190 g/mol. The molecule has 1 unspecified atom stereocenters. The van der Waals surface area contributed by atoms with E-state index in [1.807, 2.05) is 13.2 Å². The van der Waals surface area contributed by atoms with Gasteiger partial charge in [-0.15, -0.1) is 11.8 Å². The molecule has 1 aliphatic rings. The molecule has 0 spiro atoms. The van der Waals surface area contributed by atoms with Gasteiger partial charge in [0, 0.05) is 0 Å². The summed E-state index contributed by atoms with van der Waals surface area (Å²) >= 11 is 1.32. The summed E-state index contributed by atoms with van der Waals surface area (Å²) in [5, 5.41) is 3.84. The fourth-order valence-electron chi connectivity index (χ4n) is 1.12. The van der Waals surface area contributed by atoms with Crippen LogP contribution in [0, 0.1) is 0 Å². The highest BCUT2D eigenvalue weighted by Gasteiger charge is 2.46. The lowest BCUT2D eigenvalue weighted by Crippen LogP contribution is -2.36. The van der Waals surface area contributed by atoms with Crippen LogP contribution in [-0.2, 0) is 14.4 Å². The van der Waals surface area contributed by atoms with Gasteiger partial charge in [0.25, 0.3) is 4.93 Å². The van der Waals surface area contributed by atoms with Gasteiger partial charge in [-0.25, -0.2) is 4.79 Å². The topological polar surface area (TPSA) is 47.9 Å². The summed E-state index contributed by atoms with van der Waals surface area (Å²) in [6, 6.07) is 0. The van der Waals surface area contributed by atoms with Crippen molar-refractivity contribution in [2.75, 3.05) is 13.4 Å². The third kappa shape index (κ3) is 1.80. The highest BCUT2D eigenvalue weighted by molar-refractivity contribution is 8.00. The van der Waals surface area contributed by atoms with E-state index in [2.05, 4.69) is 9.89 Å². The Kier molecular flexibility index (Phi) is 3.19. The highest BCUT2D eigenvalue weighted by Crippen LogP contribution is 2.35. The van der Waals surface area contributed by atoms with E-state index in [0.29, 0.717) is 6.42 Å². The van der Waals surface area contributed by atoms with Crippen LogP contribution in [0.3, 0.4) is 0 Å². The largest absolute Gasteiger partial charge is 0.465 e. The first-order valence-corrected chi connectivity index (χ1v) is 5.28. The molecule has 1 heterocycles. The summed E-state index contributed by atoms with van der Waals surface area (Å²) in [4.78, 5) is 15.6. The van der Waals surface area contributed by atoms with Crippen LogP contribution in [0.25, 0.3) is 0 Å². The molecule has 5 heteroatoms. The van der Waals surface area contributed by atoms with Gasteiger partial charge < -0.3 is 9.57 Å². The van der Waals surface area contributed by atoms with Gasteiger partial charge in [-0.2, -0.15) is 0 Å². The maximum absolute atomic E-state index is 11.4.